The summed E-state index contributed by atoms with van der Waals surface area (Å²) in [6.45, 7) is 1.78. The van der Waals surface area contributed by atoms with E-state index in [4.69, 9.17) is 5.84 Å². The minimum Gasteiger partial charge on any atom is -0.349 e. The average Bonchev–Trinajstić information content (AvgIpc) is 2.37. The van der Waals surface area contributed by atoms with Crippen molar-refractivity contribution in [1.29, 1.82) is 0 Å². The van der Waals surface area contributed by atoms with Gasteiger partial charge in [-0.05, 0) is 31.4 Å². The zero-order valence-corrected chi connectivity index (χ0v) is 11.9. The topological polar surface area (TPSA) is 67.2 Å². The molecule has 1 rings (SSSR count). The number of hydrogen-bond donors (Lipinski definition) is 3. The third-order valence-electron chi connectivity index (χ3n) is 2.54. The summed E-state index contributed by atoms with van der Waals surface area (Å²) in [6.07, 6.45) is -2.63. The number of anilines is 1. The van der Waals surface area contributed by atoms with Crippen LogP contribution in [0.4, 0.5) is 18.9 Å². The van der Waals surface area contributed by atoms with Gasteiger partial charge in [-0.2, -0.15) is 24.9 Å². The Kier molecular flexibility index (Phi) is 5.70. The average molecular weight is 307 g/mol. The van der Waals surface area contributed by atoms with Crippen molar-refractivity contribution in [2.45, 2.75) is 19.1 Å². The number of hydrazine groups is 1. The van der Waals surface area contributed by atoms with Crippen molar-refractivity contribution in [2.75, 3.05) is 17.4 Å². The molecule has 0 heterocycles. The lowest BCUT2D eigenvalue weighted by Gasteiger charge is -2.16. The molecule has 0 bridgehead atoms. The van der Waals surface area contributed by atoms with Crippen LogP contribution < -0.4 is 16.6 Å². The summed E-state index contributed by atoms with van der Waals surface area (Å²) in [4.78, 5) is 12.0. The Morgan fingerprint density at radius 3 is 2.60 bits per heavy atom. The molecular weight excluding hydrogens is 291 g/mol. The maximum absolute atomic E-state index is 12.7. The number of amides is 1. The lowest BCUT2D eigenvalue weighted by Crippen LogP contribution is -2.35. The number of halogens is 3. The predicted molar refractivity (Wildman–Crippen MR) is 74.6 cm³/mol. The molecule has 0 aliphatic heterocycles. The zero-order valence-electron chi connectivity index (χ0n) is 11.0. The highest BCUT2D eigenvalue weighted by atomic mass is 32.2. The van der Waals surface area contributed by atoms with Gasteiger partial charge < -0.3 is 10.7 Å². The first-order valence-electron chi connectivity index (χ1n) is 5.77. The molecule has 1 atom stereocenters. The molecule has 0 fully saturated rings. The Morgan fingerprint density at radius 1 is 1.45 bits per heavy atom. The first kappa shape index (κ1) is 16.6. The van der Waals surface area contributed by atoms with Gasteiger partial charge in [0.1, 0.15) is 0 Å². The van der Waals surface area contributed by atoms with E-state index in [9.17, 15) is 18.0 Å². The van der Waals surface area contributed by atoms with Gasteiger partial charge in [-0.15, -0.1) is 0 Å². The molecule has 0 saturated heterocycles. The van der Waals surface area contributed by atoms with Gasteiger partial charge in [-0.3, -0.25) is 10.6 Å². The second-order valence-corrected chi connectivity index (χ2v) is 5.14. The van der Waals surface area contributed by atoms with Gasteiger partial charge in [0.05, 0.1) is 16.8 Å². The molecule has 0 aliphatic carbocycles. The molecule has 4 nitrogen and oxygen atoms in total. The normalized spacial score (nSPS) is 12.9. The van der Waals surface area contributed by atoms with E-state index < -0.39 is 17.6 Å². The summed E-state index contributed by atoms with van der Waals surface area (Å²) in [5.74, 6) is 5.29. The largest absolute Gasteiger partial charge is 0.416 e. The van der Waals surface area contributed by atoms with E-state index in [1.165, 1.54) is 11.8 Å². The molecular formula is C12H16F3N3OS. The molecule has 0 aliphatic rings. The summed E-state index contributed by atoms with van der Waals surface area (Å²) in [7, 11) is 0. The molecule has 112 valence electrons. The predicted octanol–water partition coefficient (Wildman–Crippen LogP) is 2.47. The Morgan fingerprint density at radius 2 is 2.10 bits per heavy atom. The van der Waals surface area contributed by atoms with Crippen LogP contribution in [0.25, 0.3) is 0 Å². The molecule has 0 saturated carbocycles. The van der Waals surface area contributed by atoms with Gasteiger partial charge in [0, 0.05) is 11.8 Å². The standard InChI is InChI=1S/C12H16F3N3OS/c1-7(6-20-2)17-11(19)9-5-8(12(13,14)15)3-4-10(9)18-16/h3-5,7,18H,6,16H2,1-2H3,(H,17,19). The Labute approximate surface area is 119 Å². The molecule has 1 aromatic carbocycles. The molecule has 20 heavy (non-hydrogen) atoms. The quantitative estimate of drug-likeness (QED) is 0.577. The van der Waals surface area contributed by atoms with Crippen LogP contribution >= 0.6 is 11.8 Å². The molecule has 0 aromatic heterocycles. The lowest BCUT2D eigenvalue weighted by atomic mass is 10.1. The van der Waals surface area contributed by atoms with E-state index in [0.717, 1.165) is 18.2 Å². The summed E-state index contributed by atoms with van der Waals surface area (Å²) >= 11 is 1.53. The Balaban J connectivity index is 3.05. The maximum Gasteiger partial charge on any atom is 0.416 e. The number of nitrogen functional groups attached to an aromatic ring is 1. The molecule has 0 radical (unpaired) electrons. The van der Waals surface area contributed by atoms with Crippen LogP contribution in [0.3, 0.4) is 0 Å². The Bertz CT molecular complexity index is 480. The first-order valence-corrected chi connectivity index (χ1v) is 7.16. The third kappa shape index (κ3) is 4.31. The maximum atomic E-state index is 12.7. The van der Waals surface area contributed by atoms with Gasteiger partial charge in [-0.1, -0.05) is 0 Å². The van der Waals surface area contributed by atoms with Crippen molar-refractivity contribution in [1.82, 2.24) is 5.32 Å². The minimum absolute atomic E-state index is 0.129. The van der Waals surface area contributed by atoms with E-state index in [2.05, 4.69) is 10.7 Å². The van der Waals surface area contributed by atoms with E-state index in [1.807, 2.05) is 6.26 Å². The van der Waals surface area contributed by atoms with Crippen LogP contribution in [0.1, 0.15) is 22.8 Å². The molecule has 0 spiro atoms. The summed E-state index contributed by atoms with van der Waals surface area (Å²) in [5.41, 5.74) is 1.35. The smallest absolute Gasteiger partial charge is 0.349 e. The second kappa shape index (κ2) is 6.85. The van der Waals surface area contributed by atoms with Gasteiger partial charge in [0.25, 0.3) is 5.91 Å². The van der Waals surface area contributed by atoms with Crippen LogP contribution in [-0.4, -0.2) is 24.0 Å². The molecule has 1 unspecified atom stereocenters. The van der Waals surface area contributed by atoms with E-state index in [0.29, 0.717) is 5.75 Å². The number of nitrogens with one attached hydrogen (secondary N) is 2. The minimum atomic E-state index is -4.51. The highest BCUT2D eigenvalue weighted by Gasteiger charge is 2.31. The highest BCUT2D eigenvalue weighted by molar-refractivity contribution is 7.98. The van der Waals surface area contributed by atoms with Crippen LogP contribution in [0, 0.1) is 0 Å². The fraction of sp³-hybridized carbons (Fsp3) is 0.417. The van der Waals surface area contributed by atoms with E-state index >= 15 is 0 Å². The molecule has 4 N–H and O–H groups in total. The number of hydrogen-bond acceptors (Lipinski definition) is 4. The van der Waals surface area contributed by atoms with Crippen LogP contribution in [0.15, 0.2) is 18.2 Å². The van der Waals surface area contributed by atoms with Gasteiger partial charge in [0.15, 0.2) is 0 Å². The summed E-state index contributed by atoms with van der Waals surface area (Å²) in [6, 6.07) is 2.64. The van der Waals surface area contributed by atoms with Gasteiger partial charge in [0.2, 0.25) is 0 Å². The third-order valence-corrected chi connectivity index (χ3v) is 3.37. The summed E-state index contributed by atoms with van der Waals surface area (Å²) < 4.78 is 38.0. The first-order chi connectivity index (χ1) is 9.29. The SMILES string of the molecule is CSCC(C)NC(=O)c1cc(C(F)(F)F)ccc1NN. The number of alkyl halides is 3. The summed E-state index contributed by atoms with van der Waals surface area (Å²) in [5, 5.41) is 2.63. The number of nitrogens with two attached hydrogens (primary N) is 1. The number of rotatable bonds is 5. The van der Waals surface area contributed by atoms with Crippen molar-refractivity contribution in [2.24, 2.45) is 5.84 Å². The van der Waals surface area contributed by atoms with Crippen LogP contribution in [0.5, 0.6) is 0 Å². The van der Waals surface area contributed by atoms with E-state index in [1.54, 1.807) is 6.92 Å². The number of carbonyl (C=O) groups excluding carboxylic acids is 1. The van der Waals surface area contributed by atoms with Gasteiger partial charge in [-0.25, -0.2) is 0 Å². The van der Waals surface area contributed by atoms with Crippen molar-refractivity contribution >= 4 is 23.4 Å². The van der Waals surface area contributed by atoms with Crippen molar-refractivity contribution in [3.63, 3.8) is 0 Å². The fourth-order valence-electron chi connectivity index (χ4n) is 1.63. The molecule has 1 amide bonds. The van der Waals surface area contributed by atoms with Crippen LogP contribution in [-0.2, 0) is 6.18 Å². The zero-order chi connectivity index (χ0) is 15.3. The fourth-order valence-corrected chi connectivity index (χ4v) is 2.21. The second-order valence-electron chi connectivity index (χ2n) is 4.23. The monoisotopic (exact) mass is 307 g/mol. The Hall–Kier alpha value is -1.41. The highest BCUT2D eigenvalue weighted by Crippen LogP contribution is 2.31. The van der Waals surface area contributed by atoms with E-state index in [-0.39, 0.29) is 17.3 Å². The molecule has 1 aromatic rings. The molecule has 8 heteroatoms. The number of carbonyl (C=O) groups is 1. The van der Waals surface area contributed by atoms with Crippen molar-refractivity contribution in [3.8, 4) is 0 Å². The van der Waals surface area contributed by atoms with Gasteiger partial charge >= 0.3 is 6.18 Å². The number of thioether (sulfide) groups is 1. The van der Waals surface area contributed by atoms with Crippen molar-refractivity contribution in [3.05, 3.63) is 29.3 Å². The van der Waals surface area contributed by atoms with Crippen molar-refractivity contribution < 1.29 is 18.0 Å². The number of benzene rings is 1. The van der Waals surface area contributed by atoms with Crippen LogP contribution in [0.2, 0.25) is 0 Å². The lowest BCUT2D eigenvalue weighted by molar-refractivity contribution is -0.137.